The Balaban J connectivity index is 2.76. The third-order valence-electron chi connectivity index (χ3n) is 1.60. The number of aliphatic carboxylic acids is 1. The van der Waals surface area contributed by atoms with Crippen LogP contribution in [0, 0.1) is 5.92 Å². The van der Waals surface area contributed by atoms with Crippen LogP contribution in [0.5, 0.6) is 0 Å². The molecule has 2 N–H and O–H groups in total. The van der Waals surface area contributed by atoms with Crippen molar-refractivity contribution in [1.29, 1.82) is 0 Å². The van der Waals surface area contributed by atoms with Gasteiger partial charge in [0.2, 0.25) is 0 Å². The van der Waals surface area contributed by atoms with E-state index in [1.807, 2.05) is 0 Å². The van der Waals surface area contributed by atoms with Gasteiger partial charge in [0.1, 0.15) is 5.92 Å². The molecule has 1 aliphatic rings. The Kier molecular flexibility index (Phi) is 2.05. The predicted octanol–water partition coefficient (Wildman–Crippen LogP) is -0.423. The van der Waals surface area contributed by atoms with Crippen molar-refractivity contribution in [3.05, 3.63) is 12.2 Å². The fourth-order valence-electron chi connectivity index (χ4n) is 0.987. The first-order valence-corrected chi connectivity index (χ1v) is 3.23. The summed E-state index contributed by atoms with van der Waals surface area (Å²) in [5, 5.41) is 17.5. The van der Waals surface area contributed by atoms with Crippen LogP contribution in [0.4, 0.5) is 0 Å². The van der Waals surface area contributed by atoms with Crippen LogP contribution in [0.2, 0.25) is 0 Å². The van der Waals surface area contributed by atoms with Crippen LogP contribution in [0.15, 0.2) is 12.2 Å². The maximum Gasteiger partial charge on any atom is 0.313 e. The molecule has 1 aliphatic carbocycles. The SMILES string of the molecule is O=C1C=CC(C(=O)O)C(O)C1. The first kappa shape index (κ1) is 7.94. The average molecular weight is 156 g/mol. The summed E-state index contributed by atoms with van der Waals surface area (Å²) in [5.74, 6) is -2.25. The molecule has 0 aliphatic heterocycles. The zero-order valence-electron chi connectivity index (χ0n) is 5.73. The van der Waals surface area contributed by atoms with Gasteiger partial charge in [0, 0.05) is 6.42 Å². The van der Waals surface area contributed by atoms with Crippen LogP contribution in [-0.2, 0) is 9.59 Å². The Morgan fingerprint density at radius 3 is 2.73 bits per heavy atom. The highest BCUT2D eigenvalue weighted by atomic mass is 16.4. The second-order valence-electron chi connectivity index (χ2n) is 2.46. The van der Waals surface area contributed by atoms with Crippen LogP contribution >= 0.6 is 0 Å². The normalized spacial score (nSPS) is 30.5. The minimum Gasteiger partial charge on any atom is -0.481 e. The molecule has 60 valence electrons. The Morgan fingerprint density at radius 1 is 1.64 bits per heavy atom. The number of carboxylic acids is 1. The predicted molar refractivity (Wildman–Crippen MR) is 35.9 cm³/mol. The maximum absolute atomic E-state index is 10.6. The topological polar surface area (TPSA) is 74.6 Å². The number of hydrogen-bond acceptors (Lipinski definition) is 3. The summed E-state index contributed by atoms with van der Waals surface area (Å²) in [6.07, 6.45) is 1.27. The first-order chi connectivity index (χ1) is 5.11. The van der Waals surface area contributed by atoms with Crippen molar-refractivity contribution in [2.24, 2.45) is 5.92 Å². The molecule has 0 aromatic heterocycles. The minimum absolute atomic E-state index is 0.0898. The van der Waals surface area contributed by atoms with E-state index in [9.17, 15) is 9.59 Å². The number of aliphatic hydroxyl groups excluding tert-OH is 1. The van der Waals surface area contributed by atoms with E-state index in [2.05, 4.69) is 0 Å². The molecule has 0 fully saturated rings. The zero-order valence-corrected chi connectivity index (χ0v) is 5.73. The van der Waals surface area contributed by atoms with E-state index in [0.717, 1.165) is 0 Å². The second kappa shape index (κ2) is 2.84. The van der Waals surface area contributed by atoms with E-state index in [0.29, 0.717) is 0 Å². The standard InChI is InChI=1S/C7H8O4/c8-4-1-2-5(7(10)11)6(9)3-4/h1-2,5-6,9H,3H2,(H,10,11). The van der Waals surface area contributed by atoms with Gasteiger partial charge in [-0.15, -0.1) is 0 Å². The van der Waals surface area contributed by atoms with Gasteiger partial charge in [-0.2, -0.15) is 0 Å². The molecule has 0 radical (unpaired) electrons. The van der Waals surface area contributed by atoms with E-state index < -0.39 is 18.0 Å². The van der Waals surface area contributed by atoms with E-state index in [1.165, 1.54) is 12.2 Å². The Hall–Kier alpha value is -1.16. The van der Waals surface area contributed by atoms with Gasteiger partial charge in [0.15, 0.2) is 5.78 Å². The highest BCUT2D eigenvalue weighted by Crippen LogP contribution is 2.15. The Morgan fingerprint density at radius 2 is 2.27 bits per heavy atom. The lowest BCUT2D eigenvalue weighted by Crippen LogP contribution is -2.31. The summed E-state index contributed by atoms with van der Waals surface area (Å²) in [4.78, 5) is 21.0. The molecule has 4 nitrogen and oxygen atoms in total. The molecular weight excluding hydrogens is 148 g/mol. The molecule has 11 heavy (non-hydrogen) atoms. The van der Waals surface area contributed by atoms with Crippen molar-refractivity contribution >= 4 is 11.8 Å². The van der Waals surface area contributed by atoms with Crippen molar-refractivity contribution in [1.82, 2.24) is 0 Å². The van der Waals surface area contributed by atoms with Gasteiger partial charge in [0.25, 0.3) is 0 Å². The molecule has 0 aromatic carbocycles. The van der Waals surface area contributed by atoms with Crippen LogP contribution in [0.1, 0.15) is 6.42 Å². The first-order valence-electron chi connectivity index (χ1n) is 3.23. The smallest absolute Gasteiger partial charge is 0.313 e. The third-order valence-corrected chi connectivity index (χ3v) is 1.60. The van der Waals surface area contributed by atoms with Gasteiger partial charge in [-0.3, -0.25) is 9.59 Å². The summed E-state index contributed by atoms with van der Waals surface area (Å²) >= 11 is 0. The molecule has 0 spiro atoms. The molecule has 0 saturated heterocycles. The van der Waals surface area contributed by atoms with Crippen LogP contribution in [-0.4, -0.2) is 28.1 Å². The molecule has 2 atom stereocenters. The van der Waals surface area contributed by atoms with Gasteiger partial charge in [-0.1, -0.05) is 6.08 Å². The number of ketones is 1. The number of aliphatic hydroxyl groups is 1. The lowest BCUT2D eigenvalue weighted by atomic mass is 9.92. The minimum atomic E-state index is -1.10. The summed E-state index contributed by atoms with van der Waals surface area (Å²) in [5.41, 5.74) is 0. The molecule has 0 amide bonds. The molecule has 0 heterocycles. The molecule has 2 unspecified atom stereocenters. The quantitative estimate of drug-likeness (QED) is 0.540. The van der Waals surface area contributed by atoms with E-state index >= 15 is 0 Å². The maximum atomic E-state index is 10.6. The number of allylic oxidation sites excluding steroid dienone is 1. The van der Waals surface area contributed by atoms with Gasteiger partial charge in [0.05, 0.1) is 6.10 Å². The van der Waals surface area contributed by atoms with Crippen LogP contribution in [0.25, 0.3) is 0 Å². The van der Waals surface area contributed by atoms with Crippen molar-refractivity contribution in [2.75, 3.05) is 0 Å². The third kappa shape index (κ3) is 1.65. The Labute approximate surface area is 63.1 Å². The van der Waals surface area contributed by atoms with Crippen molar-refractivity contribution < 1.29 is 19.8 Å². The van der Waals surface area contributed by atoms with E-state index in [1.54, 1.807) is 0 Å². The average Bonchev–Trinajstić information content (AvgIpc) is 1.85. The molecule has 0 bridgehead atoms. The van der Waals surface area contributed by atoms with Gasteiger partial charge in [-0.05, 0) is 6.08 Å². The summed E-state index contributed by atoms with van der Waals surface area (Å²) in [6, 6.07) is 0. The largest absolute Gasteiger partial charge is 0.481 e. The number of carboxylic acid groups (broad SMARTS) is 1. The lowest BCUT2D eigenvalue weighted by molar-refractivity contribution is -0.144. The monoisotopic (exact) mass is 156 g/mol. The Bertz CT molecular complexity index is 218. The van der Waals surface area contributed by atoms with Crippen molar-refractivity contribution in [3.8, 4) is 0 Å². The molecular formula is C7H8O4. The number of carbonyl (C=O) groups is 2. The highest BCUT2D eigenvalue weighted by Gasteiger charge is 2.28. The van der Waals surface area contributed by atoms with Gasteiger partial charge in [-0.25, -0.2) is 0 Å². The molecule has 4 heteroatoms. The van der Waals surface area contributed by atoms with Crippen LogP contribution < -0.4 is 0 Å². The number of carbonyl (C=O) groups excluding carboxylic acids is 1. The lowest BCUT2D eigenvalue weighted by Gasteiger charge is -2.17. The summed E-state index contributed by atoms with van der Waals surface area (Å²) in [7, 11) is 0. The van der Waals surface area contributed by atoms with Gasteiger partial charge < -0.3 is 10.2 Å². The zero-order chi connectivity index (χ0) is 8.43. The molecule has 1 rings (SSSR count). The van der Waals surface area contributed by atoms with Gasteiger partial charge >= 0.3 is 5.97 Å². The fraction of sp³-hybridized carbons (Fsp3) is 0.429. The van der Waals surface area contributed by atoms with E-state index in [4.69, 9.17) is 10.2 Å². The molecule has 0 saturated carbocycles. The highest BCUT2D eigenvalue weighted by molar-refractivity contribution is 5.93. The second-order valence-corrected chi connectivity index (χ2v) is 2.46. The number of rotatable bonds is 1. The summed E-state index contributed by atoms with van der Waals surface area (Å²) in [6.45, 7) is 0. The van der Waals surface area contributed by atoms with E-state index in [-0.39, 0.29) is 12.2 Å². The molecule has 0 aromatic rings. The van der Waals surface area contributed by atoms with Crippen molar-refractivity contribution in [3.63, 3.8) is 0 Å². The van der Waals surface area contributed by atoms with Crippen LogP contribution in [0.3, 0.4) is 0 Å². The number of hydrogen-bond donors (Lipinski definition) is 2. The van der Waals surface area contributed by atoms with Crippen molar-refractivity contribution in [2.45, 2.75) is 12.5 Å². The summed E-state index contributed by atoms with van der Waals surface area (Å²) < 4.78 is 0. The fourth-order valence-corrected chi connectivity index (χ4v) is 0.987.